The summed E-state index contributed by atoms with van der Waals surface area (Å²) in [6, 6.07) is 7.50. The first-order valence-corrected chi connectivity index (χ1v) is 9.13. The molecule has 26 heavy (non-hydrogen) atoms. The Morgan fingerprint density at radius 1 is 1.27 bits per heavy atom. The monoisotopic (exact) mass is 370 g/mol. The second-order valence-corrected chi connectivity index (χ2v) is 6.78. The Labute approximate surface area is 154 Å². The van der Waals surface area contributed by atoms with E-state index in [0.717, 1.165) is 29.5 Å². The maximum atomic E-state index is 12.6. The summed E-state index contributed by atoms with van der Waals surface area (Å²) in [4.78, 5) is 24.2. The topological polar surface area (TPSA) is 85.2 Å². The van der Waals surface area contributed by atoms with E-state index in [4.69, 9.17) is 4.74 Å². The lowest BCUT2D eigenvalue weighted by Gasteiger charge is -2.27. The SMILES string of the molecule is Cn1nc(-c2cccs2)cc1C(=O)Nc1cc(N2CCOCC2)ncn1. The molecule has 0 aromatic carbocycles. The molecule has 1 aliphatic rings. The molecule has 0 bridgehead atoms. The highest BCUT2D eigenvalue weighted by Crippen LogP contribution is 2.24. The Balaban J connectivity index is 1.51. The largest absolute Gasteiger partial charge is 0.378 e. The van der Waals surface area contributed by atoms with Crippen molar-refractivity contribution in [3.8, 4) is 10.6 Å². The van der Waals surface area contributed by atoms with Crippen LogP contribution in [-0.2, 0) is 11.8 Å². The minimum Gasteiger partial charge on any atom is -0.378 e. The molecule has 0 aliphatic carbocycles. The number of morpholine rings is 1. The standard InChI is InChI=1S/C17H18N6O2S/c1-22-13(9-12(21-22)14-3-2-8-26-14)17(24)20-15-10-16(19-11-18-15)23-4-6-25-7-5-23/h2-3,8-11H,4-7H2,1H3,(H,18,19,20,24). The van der Waals surface area contributed by atoms with E-state index in [1.807, 2.05) is 17.5 Å². The van der Waals surface area contributed by atoms with E-state index in [0.29, 0.717) is 24.7 Å². The van der Waals surface area contributed by atoms with Crippen LogP contribution in [0, 0.1) is 0 Å². The summed E-state index contributed by atoms with van der Waals surface area (Å²) < 4.78 is 6.93. The van der Waals surface area contributed by atoms with Crippen LogP contribution in [0.25, 0.3) is 10.6 Å². The average Bonchev–Trinajstić information content (AvgIpc) is 3.32. The molecule has 4 rings (SSSR count). The lowest BCUT2D eigenvalue weighted by molar-refractivity contribution is 0.101. The number of rotatable bonds is 4. The number of hydrogen-bond donors (Lipinski definition) is 1. The number of nitrogens with zero attached hydrogens (tertiary/aromatic N) is 5. The number of amides is 1. The van der Waals surface area contributed by atoms with Gasteiger partial charge in [-0.2, -0.15) is 5.10 Å². The normalized spacial score (nSPS) is 14.4. The van der Waals surface area contributed by atoms with Crippen molar-refractivity contribution >= 4 is 28.9 Å². The molecule has 1 amide bonds. The molecule has 4 heterocycles. The van der Waals surface area contributed by atoms with Crippen molar-refractivity contribution in [3.63, 3.8) is 0 Å². The molecular formula is C17H18N6O2S. The Bertz CT molecular complexity index is 902. The number of carbonyl (C=O) groups is 1. The van der Waals surface area contributed by atoms with Gasteiger partial charge in [0.05, 0.1) is 18.1 Å². The second-order valence-electron chi connectivity index (χ2n) is 5.83. The predicted molar refractivity (Wildman–Crippen MR) is 99.5 cm³/mol. The predicted octanol–water partition coefficient (Wildman–Crippen LogP) is 2.03. The molecule has 1 saturated heterocycles. The number of anilines is 2. The van der Waals surface area contributed by atoms with Gasteiger partial charge in [-0.15, -0.1) is 11.3 Å². The van der Waals surface area contributed by atoms with E-state index in [2.05, 4.69) is 25.3 Å². The van der Waals surface area contributed by atoms with Gasteiger partial charge in [-0.05, 0) is 17.5 Å². The van der Waals surface area contributed by atoms with Crippen LogP contribution in [-0.4, -0.2) is 52.0 Å². The minimum atomic E-state index is -0.255. The smallest absolute Gasteiger partial charge is 0.275 e. The van der Waals surface area contributed by atoms with Crippen molar-refractivity contribution in [1.82, 2.24) is 19.7 Å². The molecule has 3 aromatic heterocycles. The Morgan fingerprint density at radius 3 is 2.88 bits per heavy atom. The summed E-state index contributed by atoms with van der Waals surface area (Å²) >= 11 is 1.59. The van der Waals surface area contributed by atoms with Crippen molar-refractivity contribution in [1.29, 1.82) is 0 Å². The number of ether oxygens (including phenoxy) is 1. The van der Waals surface area contributed by atoms with E-state index in [1.54, 1.807) is 35.2 Å². The van der Waals surface area contributed by atoms with E-state index < -0.39 is 0 Å². The fourth-order valence-electron chi connectivity index (χ4n) is 2.79. The zero-order chi connectivity index (χ0) is 17.9. The van der Waals surface area contributed by atoms with Gasteiger partial charge in [0, 0.05) is 26.2 Å². The van der Waals surface area contributed by atoms with Gasteiger partial charge in [0.15, 0.2) is 0 Å². The number of aromatic nitrogens is 4. The van der Waals surface area contributed by atoms with Gasteiger partial charge < -0.3 is 15.0 Å². The van der Waals surface area contributed by atoms with Crippen LogP contribution in [0.3, 0.4) is 0 Å². The summed E-state index contributed by atoms with van der Waals surface area (Å²) in [7, 11) is 1.76. The van der Waals surface area contributed by atoms with E-state index in [9.17, 15) is 4.79 Å². The quantitative estimate of drug-likeness (QED) is 0.756. The lowest BCUT2D eigenvalue weighted by atomic mass is 10.3. The van der Waals surface area contributed by atoms with Gasteiger partial charge in [-0.1, -0.05) is 6.07 Å². The van der Waals surface area contributed by atoms with E-state index in [-0.39, 0.29) is 5.91 Å². The number of nitrogens with one attached hydrogen (secondary N) is 1. The molecule has 0 spiro atoms. The Morgan fingerprint density at radius 2 is 2.12 bits per heavy atom. The summed E-state index contributed by atoms with van der Waals surface area (Å²) in [5.41, 5.74) is 1.25. The van der Waals surface area contributed by atoms with Crippen LogP contribution in [0.4, 0.5) is 11.6 Å². The van der Waals surface area contributed by atoms with Crippen LogP contribution in [0.5, 0.6) is 0 Å². The molecule has 8 nitrogen and oxygen atoms in total. The van der Waals surface area contributed by atoms with Crippen LogP contribution >= 0.6 is 11.3 Å². The van der Waals surface area contributed by atoms with Crippen molar-refractivity contribution < 1.29 is 9.53 Å². The third-order valence-electron chi connectivity index (χ3n) is 4.12. The molecule has 0 atom stereocenters. The molecule has 134 valence electrons. The highest BCUT2D eigenvalue weighted by atomic mass is 32.1. The second kappa shape index (κ2) is 7.22. The molecule has 0 saturated carbocycles. The number of carbonyl (C=O) groups excluding carboxylic acids is 1. The van der Waals surface area contributed by atoms with Gasteiger partial charge in [-0.25, -0.2) is 9.97 Å². The molecule has 1 aliphatic heterocycles. The average molecular weight is 370 g/mol. The number of aryl methyl sites for hydroxylation is 1. The summed E-state index contributed by atoms with van der Waals surface area (Å²) in [5.74, 6) is 0.989. The van der Waals surface area contributed by atoms with Crippen LogP contribution < -0.4 is 10.2 Å². The molecule has 1 N–H and O–H groups in total. The molecular weight excluding hydrogens is 352 g/mol. The van der Waals surface area contributed by atoms with Gasteiger partial charge in [0.2, 0.25) is 0 Å². The molecule has 9 heteroatoms. The summed E-state index contributed by atoms with van der Waals surface area (Å²) in [6.45, 7) is 2.89. The first-order valence-electron chi connectivity index (χ1n) is 8.25. The maximum Gasteiger partial charge on any atom is 0.275 e. The van der Waals surface area contributed by atoms with Gasteiger partial charge in [0.1, 0.15) is 29.4 Å². The highest BCUT2D eigenvalue weighted by molar-refractivity contribution is 7.13. The fourth-order valence-corrected chi connectivity index (χ4v) is 3.47. The maximum absolute atomic E-state index is 12.6. The van der Waals surface area contributed by atoms with Crippen LogP contribution in [0.15, 0.2) is 36.0 Å². The third kappa shape index (κ3) is 3.44. The van der Waals surface area contributed by atoms with Crippen LogP contribution in [0.2, 0.25) is 0 Å². The van der Waals surface area contributed by atoms with Crippen molar-refractivity contribution in [2.45, 2.75) is 0 Å². The molecule has 0 unspecified atom stereocenters. The van der Waals surface area contributed by atoms with Gasteiger partial charge >= 0.3 is 0 Å². The zero-order valence-corrected chi connectivity index (χ0v) is 15.1. The lowest BCUT2D eigenvalue weighted by Crippen LogP contribution is -2.36. The van der Waals surface area contributed by atoms with Gasteiger partial charge in [-0.3, -0.25) is 9.48 Å². The van der Waals surface area contributed by atoms with Gasteiger partial charge in [0.25, 0.3) is 5.91 Å². The first kappa shape index (κ1) is 16.7. The Kier molecular flexibility index (Phi) is 4.63. The number of hydrogen-bond acceptors (Lipinski definition) is 7. The van der Waals surface area contributed by atoms with Crippen molar-refractivity contribution in [2.24, 2.45) is 7.05 Å². The zero-order valence-electron chi connectivity index (χ0n) is 14.3. The Hall–Kier alpha value is -2.78. The molecule has 3 aromatic rings. The summed E-state index contributed by atoms with van der Waals surface area (Å²) in [5, 5.41) is 9.23. The van der Waals surface area contributed by atoms with Crippen molar-refractivity contribution in [3.05, 3.63) is 41.7 Å². The van der Waals surface area contributed by atoms with E-state index >= 15 is 0 Å². The first-order chi connectivity index (χ1) is 12.7. The number of thiophene rings is 1. The van der Waals surface area contributed by atoms with Crippen LogP contribution in [0.1, 0.15) is 10.5 Å². The molecule has 0 radical (unpaired) electrons. The van der Waals surface area contributed by atoms with Crippen molar-refractivity contribution in [2.75, 3.05) is 36.5 Å². The minimum absolute atomic E-state index is 0.255. The third-order valence-corrected chi connectivity index (χ3v) is 5.01. The van der Waals surface area contributed by atoms with E-state index in [1.165, 1.54) is 6.33 Å². The summed E-state index contributed by atoms with van der Waals surface area (Å²) in [6.07, 6.45) is 1.46. The highest BCUT2D eigenvalue weighted by Gasteiger charge is 2.17. The fraction of sp³-hybridized carbons (Fsp3) is 0.294. The molecule has 1 fully saturated rings.